The maximum Gasteiger partial charge on any atom is 0.439 e. The number of aromatic nitrogens is 3. The van der Waals surface area contributed by atoms with Gasteiger partial charge in [-0.05, 0) is 90.6 Å². The van der Waals surface area contributed by atoms with Crippen molar-refractivity contribution in [2.24, 2.45) is 0 Å². The van der Waals surface area contributed by atoms with Crippen LogP contribution in [0.4, 0.5) is 13.2 Å². The number of nitrogens with one attached hydrogen (secondary N) is 1. The van der Waals surface area contributed by atoms with Gasteiger partial charge < -0.3 is 9.64 Å². The Morgan fingerprint density at radius 1 is 0.894 bits per heavy atom. The molecule has 238 valence electrons. The van der Waals surface area contributed by atoms with Crippen molar-refractivity contribution in [3.63, 3.8) is 0 Å². The number of aromatic amines is 1. The number of benzene rings is 3. The molecule has 1 amide bonds. The van der Waals surface area contributed by atoms with E-state index in [-0.39, 0.29) is 36.3 Å². The summed E-state index contributed by atoms with van der Waals surface area (Å²) in [5.74, 6) is -2.78. The molecule has 8 rings (SSSR count). The Morgan fingerprint density at radius 2 is 1.72 bits per heavy atom. The van der Waals surface area contributed by atoms with Crippen LogP contribution in [-0.4, -0.2) is 32.5 Å². The van der Waals surface area contributed by atoms with Crippen LogP contribution in [0.3, 0.4) is 0 Å². The smallest absolute Gasteiger partial charge is 0.369 e. The Hall–Kier alpha value is -5.03. The molecule has 0 saturated carbocycles. The Kier molecular flexibility index (Phi) is 7.28. The zero-order chi connectivity index (χ0) is 32.2. The van der Waals surface area contributed by atoms with Crippen LogP contribution in [0.5, 0.6) is 0 Å². The van der Waals surface area contributed by atoms with Crippen molar-refractivity contribution in [1.82, 2.24) is 20.0 Å². The Bertz CT molecular complexity index is 2090. The number of ether oxygens (including phenoxy) is 1. The van der Waals surface area contributed by atoms with Crippen molar-refractivity contribution < 1.29 is 27.2 Å². The molecule has 1 aliphatic carbocycles. The van der Waals surface area contributed by atoms with Crippen molar-refractivity contribution >= 4 is 5.91 Å². The van der Waals surface area contributed by atoms with E-state index in [4.69, 9.17) is 14.2 Å². The van der Waals surface area contributed by atoms with Gasteiger partial charge in [0.1, 0.15) is 5.82 Å². The fraction of sp³-hybridized carbons (Fsp3) is 0.278. The molecule has 11 heteroatoms. The quantitative estimate of drug-likeness (QED) is 0.201. The van der Waals surface area contributed by atoms with Crippen LogP contribution in [0.25, 0.3) is 22.5 Å². The van der Waals surface area contributed by atoms with Gasteiger partial charge in [-0.2, -0.15) is 0 Å². The summed E-state index contributed by atoms with van der Waals surface area (Å²) >= 11 is 0. The van der Waals surface area contributed by atoms with E-state index in [9.17, 15) is 22.8 Å². The SMILES string of the molecule is O=C1c2c(nc(CCc3ccc(F)cc3)c(-c3noc(=O)[nH]3)c2-c2ccc3c(c2)CC[C@@H]3OCc2ccc(F)c(F)c2)[C@H]2CCCN12. The molecule has 2 aromatic heterocycles. The van der Waals surface area contributed by atoms with Crippen LogP contribution in [0, 0.1) is 17.5 Å². The first-order valence-electron chi connectivity index (χ1n) is 15.7. The average molecular weight is 639 g/mol. The van der Waals surface area contributed by atoms with Crippen LogP contribution < -0.4 is 5.76 Å². The number of rotatable bonds is 8. The first-order valence-corrected chi connectivity index (χ1v) is 15.7. The Labute approximate surface area is 267 Å². The largest absolute Gasteiger partial charge is 0.439 e. The third-order valence-corrected chi connectivity index (χ3v) is 9.47. The van der Waals surface area contributed by atoms with E-state index in [0.717, 1.165) is 59.3 Å². The molecular weight excluding hydrogens is 609 g/mol. The van der Waals surface area contributed by atoms with Gasteiger partial charge >= 0.3 is 5.76 Å². The zero-order valence-electron chi connectivity index (χ0n) is 25.2. The second kappa shape index (κ2) is 11.6. The summed E-state index contributed by atoms with van der Waals surface area (Å²) in [6, 6.07) is 15.9. The molecule has 1 fully saturated rings. The van der Waals surface area contributed by atoms with Crippen LogP contribution in [-0.2, 0) is 30.6 Å². The van der Waals surface area contributed by atoms with E-state index >= 15 is 0 Å². The monoisotopic (exact) mass is 638 g/mol. The third kappa shape index (κ3) is 5.24. The number of carbonyl (C=O) groups is 1. The lowest BCUT2D eigenvalue weighted by atomic mass is 9.88. The predicted molar refractivity (Wildman–Crippen MR) is 165 cm³/mol. The lowest BCUT2D eigenvalue weighted by molar-refractivity contribution is 0.0409. The van der Waals surface area contributed by atoms with Crippen LogP contribution in [0.1, 0.15) is 75.4 Å². The molecule has 5 aromatic rings. The summed E-state index contributed by atoms with van der Waals surface area (Å²) in [6.07, 6.45) is 3.88. The number of amides is 1. The van der Waals surface area contributed by atoms with Crippen molar-refractivity contribution in [1.29, 1.82) is 0 Å². The zero-order valence-corrected chi connectivity index (χ0v) is 25.2. The molecule has 2 aliphatic heterocycles. The number of nitrogens with zero attached hydrogens (tertiary/aromatic N) is 3. The molecule has 3 aliphatic rings. The van der Waals surface area contributed by atoms with E-state index in [2.05, 4.69) is 10.1 Å². The first-order chi connectivity index (χ1) is 22.8. The summed E-state index contributed by atoms with van der Waals surface area (Å²) in [6.45, 7) is 0.773. The van der Waals surface area contributed by atoms with Crippen molar-refractivity contribution in [3.05, 3.63) is 128 Å². The maximum absolute atomic E-state index is 14.0. The molecule has 1 N–H and O–H groups in total. The highest BCUT2D eigenvalue weighted by molar-refractivity contribution is 6.08. The second-order valence-electron chi connectivity index (χ2n) is 12.3. The topological polar surface area (TPSA) is 101 Å². The molecule has 0 radical (unpaired) electrons. The van der Waals surface area contributed by atoms with Gasteiger partial charge in [0.25, 0.3) is 5.91 Å². The summed E-state index contributed by atoms with van der Waals surface area (Å²) < 4.78 is 51.9. The standard InChI is InChI=1S/C36H29F3N4O4/c37-23-9-3-19(4-10-23)6-13-27-31(34-41-36(45)47-42-34)30(32-33(40-27)28-2-1-15-43(28)35(32)44)22-7-11-24-21(17-22)8-14-29(24)46-18-20-5-12-25(38)26(39)16-20/h3-5,7,9-12,16-17,28-29H,1-2,6,8,13-15,18H2,(H,41,42,45)/t28-,29+/m1/s1. The van der Waals surface area contributed by atoms with Crippen molar-refractivity contribution in [2.45, 2.75) is 57.3 Å². The summed E-state index contributed by atoms with van der Waals surface area (Å²) in [7, 11) is 0. The lowest BCUT2D eigenvalue weighted by Gasteiger charge is -2.18. The second-order valence-corrected chi connectivity index (χ2v) is 12.3. The minimum absolute atomic E-state index is 0.101. The van der Waals surface area contributed by atoms with Gasteiger partial charge in [0.15, 0.2) is 17.5 Å². The fourth-order valence-electron chi connectivity index (χ4n) is 7.26. The number of carbonyl (C=O) groups excluding carboxylic acids is 1. The van der Waals surface area contributed by atoms with Crippen LogP contribution in [0.2, 0.25) is 0 Å². The van der Waals surface area contributed by atoms with E-state index in [1.807, 2.05) is 23.1 Å². The number of hydrogen-bond donors (Lipinski definition) is 1. The molecule has 47 heavy (non-hydrogen) atoms. The number of aryl methyl sites for hydroxylation is 3. The maximum atomic E-state index is 14.0. The number of hydrogen-bond acceptors (Lipinski definition) is 6. The van der Waals surface area contributed by atoms with Gasteiger partial charge in [0.05, 0.1) is 41.3 Å². The molecule has 1 saturated heterocycles. The summed E-state index contributed by atoms with van der Waals surface area (Å²) in [4.78, 5) is 35.9. The average Bonchev–Trinajstić information content (AvgIpc) is 3.87. The van der Waals surface area contributed by atoms with Gasteiger partial charge in [-0.3, -0.25) is 19.3 Å². The third-order valence-electron chi connectivity index (χ3n) is 9.47. The molecule has 4 heterocycles. The first kappa shape index (κ1) is 29.4. The van der Waals surface area contributed by atoms with Gasteiger partial charge in [0.2, 0.25) is 0 Å². The van der Waals surface area contributed by atoms with Crippen molar-refractivity contribution in [2.75, 3.05) is 6.54 Å². The normalized spacial score (nSPS) is 18.1. The number of pyridine rings is 1. The van der Waals surface area contributed by atoms with Gasteiger partial charge in [-0.15, -0.1) is 0 Å². The number of halogens is 3. The lowest BCUT2D eigenvalue weighted by Crippen LogP contribution is -2.23. The predicted octanol–water partition coefficient (Wildman–Crippen LogP) is 6.79. The number of fused-ring (bicyclic) bond motifs is 4. The van der Waals surface area contributed by atoms with Crippen LogP contribution in [0.15, 0.2) is 70.0 Å². The molecule has 8 nitrogen and oxygen atoms in total. The minimum atomic E-state index is -0.913. The molecule has 0 unspecified atom stereocenters. The molecule has 0 spiro atoms. The number of H-pyrrole nitrogens is 1. The molecule has 2 atom stereocenters. The highest BCUT2D eigenvalue weighted by atomic mass is 19.2. The summed E-state index contributed by atoms with van der Waals surface area (Å²) in [5, 5.41) is 4.04. The highest BCUT2D eigenvalue weighted by Gasteiger charge is 2.44. The fourth-order valence-corrected chi connectivity index (χ4v) is 7.26. The Balaban J connectivity index is 1.22. The minimum Gasteiger partial charge on any atom is -0.369 e. The molecule has 3 aromatic carbocycles. The van der Waals surface area contributed by atoms with Crippen molar-refractivity contribution in [3.8, 4) is 22.5 Å². The Morgan fingerprint density at radius 3 is 2.51 bits per heavy atom. The molecular formula is C36H29F3N4O4. The van der Waals surface area contributed by atoms with Gasteiger partial charge in [0, 0.05) is 12.1 Å². The van der Waals surface area contributed by atoms with Gasteiger partial charge in [-0.25, -0.2) is 18.0 Å². The summed E-state index contributed by atoms with van der Waals surface area (Å²) in [5.41, 5.74) is 7.31. The van der Waals surface area contributed by atoms with E-state index < -0.39 is 17.4 Å². The van der Waals surface area contributed by atoms with Crippen LogP contribution >= 0.6 is 0 Å². The van der Waals surface area contributed by atoms with E-state index in [1.165, 1.54) is 18.2 Å². The highest BCUT2D eigenvalue weighted by Crippen LogP contribution is 2.48. The van der Waals surface area contributed by atoms with Gasteiger partial charge in [-0.1, -0.05) is 41.6 Å². The van der Waals surface area contributed by atoms with E-state index in [1.54, 1.807) is 12.1 Å². The molecule has 0 bridgehead atoms. The van der Waals surface area contributed by atoms with E-state index in [0.29, 0.717) is 53.8 Å².